The molecule has 0 fully saturated rings. The van der Waals surface area contributed by atoms with Gasteiger partial charge in [0.25, 0.3) is 0 Å². The molecule has 0 amide bonds. The van der Waals surface area contributed by atoms with Gasteiger partial charge in [-0.25, -0.2) is 0 Å². The van der Waals surface area contributed by atoms with Crippen molar-refractivity contribution in [3.63, 3.8) is 0 Å². The molecule has 0 bridgehead atoms. The van der Waals surface area contributed by atoms with Crippen molar-refractivity contribution in [2.24, 2.45) is 0 Å². The second kappa shape index (κ2) is 7.33. The van der Waals surface area contributed by atoms with E-state index >= 15 is 0 Å². The van der Waals surface area contributed by atoms with E-state index in [1.807, 2.05) is 0 Å². The fourth-order valence-corrected chi connectivity index (χ4v) is 4.44. The van der Waals surface area contributed by atoms with Crippen LogP contribution in [0.25, 0.3) is 22.3 Å². The minimum absolute atomic E-state index is 0.625. The molecule has 0 heterocycles. The molecular formula is C24H18Si. The molecular weight excluding hydrogens is 316 g/mol. The van der Waals surface area contributed by atoms with Crippen LogP contribution in [0, 0.1) is 0 Å². The number of hydrogen-bond donors (Lipinski definition) is 0. The molecule has 0 aliphatic heterocycles. The molecule has 25 heavy (non-hydrogen) atoms. The zero-order valence-electron chi connectivity index (χ0n) is 13.9. The van der Waals surface area contributed by atoms with Crippen LogP contribution in [0.3, 0.4) is 0 Å². The zero-order valence-corrected chi connectivity index (χ0v) is 14.9. The molecule has 0 aliphatic carbocycles. The van der Waals surface area contributed by atoms with Gasteiger partial charge in [-0.15, -0.1) is 0 Å². The first-order valence-electron chi connectivity index (χ1n) is 8.48. The summed E-state index contributed by atoms with van der Waals surface area (Å²) < 4.78 is 0. The van der Waals surface area contributed by atoms with E-state index in [1.54, 1.807) is 0 Å². The predicted molar refractivity (Wildman–Crippen MR) is 109 cm³/mol. The molecule has 118 valence electrons. The van der Waals surface area contributed by atoms with Crippen molar-refractivity contribution in [1.82, 2.24) is 0 Å². The molecule has 0 aliphatic rings. The zero-order chi connectivity index (χ0) is 16.9. The average molecular weight is 334 g/mol. The maximum Gasteiger partial charge on any atom is 0.123 e. The molecule has 4 aromatic rings. The lowest BCUT2D eigenvalue weighted by Crippen LogP contribution is -2.30. The van der Waals surface area contributed by atoms with Crippen molar-refractivity contribution >= 4 is 19.9 Å². The second-order valence-corrected chi connectivity index (χ2v) is 7.28. The third-order valence-electron chi connectivity index (χ3n) is 4.29. The quantitative estimate of drug-likeness (QED) is 0.476. The van der Waals surface area contributed by atoms with Crippen LogP contribution in [0.5, 0.6) is 0 Å². The van der Waals surface area contributed by atoms with Gasteiger partial charge in [-0.3, -0.25) is 0 Å². The Morgan fingerprint density at radius 2 is 0.720 bits per heavy atom. The standard InChI is InChI=1S/C24H18Si/c1-3-11-19(12-4-1)21-15-7-9-17-23(21)25-24-18-10-8-16-22(24)20-13-5-2-6-14-20/h1-18H. The molecule has 1 heteroatoms. The van der Waals surface area contributed by atoms with Gasteiger partial charge in [0, 0.05) is 0 Å². The maximum absolute atomic E-state index is 2.25. The van der Waals surface area contributed by atoms with Gasteiger partial charge in [0.2, 0.25) is 0 Å². The molecule has 0 saturated heterocycles. The summed E-state index contributed by atoms with van der Waals surface area (Å²) in [6.45, 7) is 0. The SMILES string of the molecule is c1ccc(-c2ccccc2[Si]c2ccccc2-c2ccccc2)cc1. The highest BCUT2D eigenvalue weighted by Crippen LogP contribution is 2.18. The summed E-state index contributed by atoms with van der Waals surface area (Å²) in [7, 11) is 0.625. The third-order valence-corrected chi connectivity index (χ3v) is 5.70. The lowest BCUT2D eigenvalue weighted by molar-refractivity contribution is 1.64. The lowest BCUT2D eigenvalue weighted by atomic mass is 10.1. The van der Waals surface area contributed by atoms with Gasteiger partial charge in [-0.1, -0.05) is 120 Å². The van der Waals surface area contributed by atoms with Crippen molar-refractivity contribution in [2.75, 3.05) is 0 Å². The van der Waals surface area contributed by atoms with E-state index in [2.05, 4.69) is 109 Å². The van der Waals surface area contributed by atoms with E-state index in [9.17, 15) is 0 Å². The van der Waals surface area contributed by atoms with Crippen LogP contribution >= 0.6 is 0 Å². The van der Waals surface area contributed by atoms with Crippen molar-refractivity contribution in [1.29, 1.82) is 0 Å². The Kier molecular flexibility index (Phi) is 4.58. The molecule has 0 unspecified atom stereocenters. The second-order valence-electron chi connectivity index (χ2n) is 5.95. The van der Waals surface area contributed by atoms with Crippen molar-refractivity contribution in [3.8, 4) is 22.3 Å². The summed E-state index contributed by atoms with van der Waals surface area (Å²) in [6, 6.07) is 38.8. The summed E-state index contributed by atoms with van der Waals surface area (Å²) in [5.41, 5.74) is 5.21. The van der Waals surface area contributed by atoms with Gasteiger partial charge < -0.3 is 0 Å². The first-order chi connectivity index (χ1) is 12.4. The van der Waals surface area contributed by atoms with Crippen LogP contribution in [-0.2, 0) is 0 Å². The largest absolute Gasteiger partial charge is 0.123 e. The van der Waals surface area contributed by atoms with E-state index in [0.717, 1.165) is 0 Å². The Morgan fingerprint density at radius 1 is 0.360 bits per heavy atom. The summed E-state index contributed by atoms with van der Waals surface area (Å²) in [5, 5.41) is 2.77. The molecule has 4 aromatic carbocycles. The first-order valence-corrected chi connectivity index (χ1v) is 9.48. The van der Waals surface area contributed by atoms with E-state index < -0.39 is 0 Å². The van der Waals surface area contributed by atoms with Gasteiger partial charge in [-0.2, -0.15) is 0 Å². The molecule has 0 saturated carbocycles. The van der Waals surface area contributed by atoms with Gasteiger partial charge in [-0.05, 0) is 22.3 Å². The normalized spacial score (nSPS) is 10.6. The molecule has 0 nitrogen and oxygen atoms in total. The van der Waals surface area contributed by atoms with E-state index in [4.69, 9.17) is 0 Å². The number of rotatable bonds is 4. The molecule has 0 N–H and O–H groups in total. The van der Waals surface area contributed by atoms with Gasteiger partial charge in [0.1, 0.15) is 9.52 Å². The Balaban J connectivity index is 1.76. The van der Waals surface area contributed by atoms with Crippen molar-refractivity contribution in [3.05, 3.63) is 109 Å². The Labute approximate surface area is 151 Å². The highest BCUT2D eigenvalue weighted by molar-refractivity contribution is 6.70. The minimum atomic E-state index is 0.625. The maximum atomic E-state index is 2.25. The topological polar surface area (TPSA) is 0 Å². The van der Waals surface area contributed by atoms with E-state index in [-0.39, 0.29) is 0 Å². The molecule has 4 rings (SSSR count). The van der Waals surface area contributed by atoms with Gasteiger partial charge in [0.15, 0.2) is 0 Å². The highest BCUT2D eigenvalue weighted by Gasteiger charge is 2.10. The van der Waals surface area contributed by atoms with Crippen molar-refractivity contribution in [2.45, 2.75) is 0 Å². The van der Waals surface area contributed by atoms with Gasteiger partial charge in [0.05, 0.1) is 0 Å². The molecule has 0 atom stereocenters. The lowest BCUT2D eigenvalue weighted by Gasteiger charge is -2.12. The molecule has 2 radical (unpaired) electrons. The van der Waals surface area contributed by atoms with Crippen LogP contribution in [-0.4, -0.2) is 9.52 Å². The summed E-state index contributed by atoms with van der Waals surface area (Å²) in [4.78, 5) is 0. The predicted octanol–water partition coefficient (Wildman–Crippen LogP) is 4.68. The fourth-order valence-electron chi connectivity index (χ4n) is 3.07. The Hall–Kier alpha value is -2.90. The third kappa shape index (κ3) is 3.47. The Morgan fingerprint density at radius 3 is 1.16 bits per heavy atom. The van der Waals surface area contributed by atoms with Crippen LogP contribution in [0.15, 0.2) is 109 Å². The van der Waals surface area contributed by atoms with E-state index in [0.29, 0.717) is 9.52 Å². The molecule has 0 spiro atoms. The number of benzene rings is 4. The first kappa shape index (κ1) is 15.6. The van der Waals surface area contributed by atoms with Crippen molar-refractivity contribution < 1.29 is 0 Å². The highest BCUT2D eigenvalue weighted by atomic mass is 28.2. The van der Waals surface area contributed by atoms with Crippen LogP contribution in [0.1, 0.15) is 0 Å². The fraction of sp³-hybridized carbons (Fsp3) is 0. The summed E-state index contributed by atoms with van der Waals surface area (Å²) in [6.07, 6.45) is 0. The minimum Gasteiger partial charge on any atom is -0.0625 e. The van der Waals surface area contributed by atoms with Crippen LogP contribution in [0.4, 0.5) is 0 Å². The summed E-state index contributed by atoms with van der Waals surface area (Å²) >= 11 is 0. The Bertz CT molecular complexity index is 878. The van der Waals surface area contributed by atoms with Gasteiger partial charge >= 0.3 is 0 Å². The van der Waals surface area contributed by atoms with Crippen LogP contribution in [0.2, 0.25) is 0 Å². The van der Waals surface area contributed by atoms with E-state index in [1.165, 1.54) is 32.6 Å². The average Bonchev–Trinajstić information content (AvgIpc) is 2.70. The monoisotopic (exact) mass is 334 g/mol. The molecule has 0 aromatic heterocycles. The smallest absolute Gasteiger partial charge is 0.0625 e. The number of hydrogen-bond acceptors (Lipinski definition) is 0. The van der Waals surface area contributed by atoms with Crippen LogP contribution < -0.4 is 10.4 Å². The summed E-state index contributed by atoms with van der Waals surface area (Å²) in [5.74, 6) is 0.